The van der Waals surface area contributed by atoms with Crippen LogP contribution in [0.3, 0.4) is 0 Å². The van der Waals surface area contributed by atoms with E-state index in [-0.39, 0.29) is 24.0 Å². The van der Waals surface area contributed by atoms with Gasteiger partial charge in [0.1, 0.15) is 0 Å². The molecule has 0 aliphatic carbocycles. The summed E-state index contributed by atoms with van der Waals surface area (Å²) in [6.07, 6.45) is 0. The monoisotopic (exact) mass is 376 g/mol. The van der Waals surface area contributed by atoms with Crippen LogP contribution in [0.5, 0.6) is 0 Å². The first-order valence-electron chi connectivity index (χ1n) is 8.22. The van der Waals surface area contributed by atoms with Crippen molar-refractivity contribution < 1.29 is 17.9 Å². The minimum absolute atomic E-state index is 0.104. The summed E-state index contributed by atoms with van der Waals surface area (Å²) in [6.45, 7) is 6.36. The molecule has 6 nitrogen and oxygen atoms in total. The van der Waals surface area contributed by atoms with Crippen LogP contribution in [0.15, 0.2) is 41.3 Å². The largest absolute Gasteiger partial charge is 0.383 e. The van der Waals surface area contributed by atoms with Gasteiger partial charge < -0.3 is 10.1 Å². The first-order chi connectivity index (χ1) is 12.2. The predicted molar refractivity (Wildman–Crippen MR) is 102 cm³/mol. The number of amides is 1. The Kier molecular flexibility index (Phi) is 6.52. The Labute approximate surface area is 154 Å². The molecular weight excluding hydrogens is 352 g/mol. The fourth-order valence-corrected chi connectivity index (χ4v) is 3.72. The fraction of sp³-hybridized carbons (Fsp3) is 0.316. The highest BCUT2D eigenvalue weighted by Crippen LogP contribution is 2.23. The molecule has 0 saturated carbocycles. The van der Waals surface area contributed by atoms with Crippen LogP contribution in [0.2, 0.25) is 0 Å². The van der Waals surface area contributed by atoms with E-state index in [0.29, 0.717) is 5.56 Å². The van der Waals surface area contributed by atoms with Crippen LogP contribution in [0, 0.1) is 20.8 Å². The van der Waals surface area contributed by atoms with Crippen LogP contribution in [0.4, 0.5) is 5.69 Å². The van der Waals surface area contributed by atoms with Gasteiger partial charge in [0.15, 0.2) is 0 Å². The lowest BCUT2D eigenvalue weighted by Crippen LogP contribution is -2.27. The van der Waals surface area contributed by atoms with Gasteiger partial charge in [-0.2, -0.15) is 0 Å². The van der Waals surface area contributed by atoms with E-state index in [0.717, 1.165) is 22.4 Å². The van der Waals surface area contributed by atoms with Gasteiger partial charge in [-0.15, -0.1) is 0 Å². The molecule has 7 heteroatoms. The number of nitrogens with one attached hydrogen (secondary N) is 2. The molecule has 0 spiro atoms. The second kappa shape index (κ2) is 8.44. The van der Waals surface area contributed by atoms with Crippen molar-refractivity contribution in [3.63, 3.8) is 0 Å². The third kappa shape index (κ3) is 4.91. The molecule has 2 aromatic rings. The molecule has 0 saturated heterocycles. The van der Waals surface area contributed by atoms with Gasteiger partial charge in [-0.1, -0.05) is 17.7 Å². The smallest absolute Gasteiger partial charge is 0.255 e. The van der Waals surface area contributed by atoms with Crippen molar-refractivity contribution >= 4 is 21.6 Å². The summed E-state index contributed by atoms with van der Waals surface area (Å²) in [5.74, 6) is -0.281. The summed E-state index contributed by atoms with van der Waals surface area (Å²) >= 11 is 0. The van der Waals surface area contributed by atoms with Crippen molar-refractivity contribution in [1.29, 1.82) is 0 Å². The van der Waals surface area contributed by atoms with Gasteiger partial charge in [-0.05, 0) is 56.2 Å². The van der Waals surface area contributed by atoms with Gasteiger partial charge in [0, 0.05) is 24.9 Å². The zero-order chi connectivity index (χ0) is 19.3. The molecule has 0 aliphatic heterocycles. The van der Waals surface area contributed by atoms with E-state index in [1.54, 1.807) is 0 Å². The molecule has 0 unspecified atom stereocenters. The molecule has 0 bridgehead atoms. The number of benzene rings is 2. The summed E-state index contributed by atoms with van der Waals surface area (Å²) < 4.78 is 31.5. The molecule has 26 heavy (non-hydrogen) atoms. The van der Waals surface area contributed by atoms with Crippen molar-refractivity contribution in [1.82, 2.24) is 4.72 Å². The Balaban J connectivity index is 2.14. The predicted octanol–water partition coefficient (Wildman–Crippen LogP) is 2.79. The molecule has 0 fully saturated rings. The third-order valence-corrected chi connectivity index (χ3v) is 5.42. The number of sulfonamides is 1. The normalized spacial score (nSPS) is 11.4. The zero-order valence-corrected chi connectivity index (χ0v) is 16.2. The van der Waals surface area contributed by atoms with Crippen LogP contribution in [0.1, 0.15) is 27.0 Å². The molecule has 2 rings (SSSR count). The highest BCUT2D eigenvalue weighted by Gasteiger charge is 2.15. The molecule has 0 aromatic heterocycles. The second-order valence-electron chi connectivity index (χ2n) is 6.14. The van der Waals surface area contributed by atoms with Gasteiger partial charge in [0.25, 0.3) is 5.91 Å². The molecule has 0 aliphatic rings. The summed E-state index contributed by atoms with van der Waals surface area (Å²) in [5, 5.41) is 2.90. The molecule has 1 amide bonds. The Hall–Kier alpha value is -2.22. The average Bonchev–Trinajstić information content (AvgIpc) is 2.58. The van der Waals surface area contributed by atoms with Crippen LogP contribution in [-0.2, 0) is 14.8 Å². The van der Waals surface area contributed by atoms with Crippen LogP contribution in [-0.4, -0.2) is 34.6 Å². The highest BCUT2D eigenvalue weighted by atomic mass is 32.2. The van der Waals surface area contributed by atoms with Crippen molar-refractivity contribution in [2.24, 2.45) is 0 Å². The van der Waals surface area contributed by atoms with Crippen LogP contribution in [0.25, 0.3) is 0 Å². The van der Waals surface area contributed by atoms with Crippen molar-refractivity contribution in [2.45, 2.75) is 25.7 Å². The molecule has 0 radical (unpaired) electrons. The molecular formula is C19H24N2O4S. The molecule has 0 atom stereocenters. The minimum Gasteiger partial charge on any atom is -0.383 e. The summed E-state index contributed by atoms with van der Waals surface area (Å²) in [4.78, 5) is 12.6. The third-order valence-electron chi connectivity index (χ3n) is 3.94. The van der Waals surface area contributed by atoms with E-state index < -0.39 is 10.0 Å². The Morgan fingerprint density at radius 3 is 2.15 bits per heavy atom. The summed E-state index contributed by atoms with van der Waals surface area (Å²) in [5.41, 5.74) is 4.27. The van der Waals surface area contributed by atoms with E-state index in [4.69, 9.17) is 4.74 Å². The van der Waals surface area contributed by atoms with E-state index in [2.05, 4.69) is 10.0 Å². The van der Waals surface area contributed by atoms with E-state index in [1.165, 1.54) is 31.4 Å². The average molecular weight is 376 g/mol. The van der Waals surface area contributed by atoms with Crippen LogP contribution < -0.4 is 10.0 Å². The van der Waals surface area contributed by atoms with E-state index in [9.17, 15) is 13.2 Å². The number of hydrogen-bond donors (Lipinski definition) is 2. The van der Waals surface area contributed by atoms with E-state index in [1.807, 2.05) is 32.9 Å². The van der Waals surface area contributed by atoms with Crippen molar-refractivity contribution in [2.75, 3.05) is 25.6 Å². The summed E-state index contributed by atoms with van der Waals surface area (Å²) in [7, 11) is -2.11. The standard InChI is InChI=1S/C19H24N2O4S/c1-13-11-14(2)18(15(3)12-13)21-19(22)16-5-7-17(8-6-16)26(23,24)20-9-10-25-4/h5-8,11-12,20H,9-10H2,1-4H3,(H,21,22). The topological polar surface area (TPSA) is 84.5 Å². The highest BCUT2D eigenvalue weighted by molar-refractivity contribution is 7.89. The van der Waals surface area contributed by atoms with E-state index >= 15 is 0 Å². The van der Waals surface area contributed by atoms with Crippen LogP contribution >= 0.6 is 0 Å². The number of carbonyl (C=O) groups is 1. The summed E-state index contributed by atoms with van der Waals surface area (Å²) in [6, 6.07) is 9.84. The molecule has 140 valence electrons. The van der Waals surface area contributed by atoms with Gasteiger partial charge in [-0.3, -0.25) is 4.79 Å². The Morgan fingerprint density at radius 1 is 1.04 bits per heavy atom. The number of methoxy groups -OCH3 is 1. The maximum absolute atomic E-state index is 12.5. The lowest BCUT2D eigenvalue weighted by atomic mass is 10.0. The first-order valence-corrected chi connectivity index (χ1v) is 9.71. The number of carbonyl (C=O) groups excluding carboxylic acids is 1. The van der Waals surface area contributed by atoms with Gasteiger partial charge >= 0.3 is 0 Å². The van der Waals surface area contributed by atoms with Crippen molar-refractivity contribution in [3.05, 3.63) is 58.7 Å². The quantitative estimate of drug-likeness (QED) is 0.728. The van der Waals surface area contributed by atoms with Crippen molar-refractivity contribution in [3.8, 4) is 0 Å². The number of aryl methyl sites for hydroxylation is 3. The number of anilines is 1. The number of rotatable bonds is 7. The zero-order valence-electron chi connectivity index (χ0n) is 15.4. The number of hydrogen-bond acceptors (Lipinski definition) is 4. The molecule has 2 N–H and O–H groups in total. The SMILES string of the molecule is COCCNS(=O)(=O)c1ccc(C(=O)Nc2c(C)cc(C)cc2C)cc1. The first kappa shape index (κ1) is 20.1. The maximum atomic E-state index is 12.5. The molecule has 2 aromatic carbocycles. The minimum atomic E-state index is -3.61. The lowest BCUT2D eigenvalue weighted by Gasteiger charge is -2.13. The number of ether oxygens (including phenoxy) is 1. The van der Waals surface area contributed by atoms with Gasteiger partial charge in [0.05, 0.1) is 11.5 Å². The Morgan fingerprint density at radius 2 is 1.62 bits per heavy atom. The second-order valence-corrected chi connectivity index (χ2v) is 7.91. The fourth-order valence-electron chi connectivity index (χ4n) is 2.71. The Bertz CT molecular complexity index is 867. The lowest BCUT2D eigenvalue weighted by molar-refractivity contribution is 0.102. The van der Waals surface area contributed by atoms with Gasteiger partial charge in [0.2, 0.25) is 10.0 Å². The maximum Gasteiger partial charge on any atom is 0.255 e. The van der Waals surface area contributed by atoms with Gasteiger partial charge in [-0.25, -0.2) is 13.1 Å². The molecule has 0 heterocycles.